The summed E-state index contributed by atoms with van der Waals surface area (Å²) in [7, 11) is 0. The molecule has 0 spiro atoms. The minimum absolute atomic E-state index is 0.831. The van der Waals surface area contributed by atoms with E-state index in [0.29, 0.717) is 0 Å². The highest BCUT2D eigenvalue weighted by molar-refractivity contribution is 5.34. The number of fused-ring (bicyclic) bond motifs is 1. The Labute approximate surface area is 118 Å². The van der Waals surface area contributed by atoms with Gasteiger partial charge in [-0.15, -0.1) is 0 Å². The fourth-order valence-corrected chi connectivity index (χ4v) is 4.64. The van der Waals surface area contributed by atoms with Gasteiger partial charge in [-0.05, 0) is 60.0 Å². The quantitative estimate of drug-likeness (QED) is 0.629. The Balaban J connectivity index is 1.91. The van der Waals surface area contributed by atoms with Crippen molar-refractivity contribution in [1.29, 1.82) is 0 Å². The molecule has 0 N–H and O–H groups in total. The largest absolute Gasteiger partial charge is 0.0625 e. The lowest BCUT2D eigenvalue weighted by Crippen LogP contribution is -2.31. The average molecular weight is 256 g/mol. The summed E-state index contributed by atoms with van der Waals surface area (Å²) in [6, 6.07) is 9.26. The van der Waals surface area contributed by atoms with Crippen LogP contribution >= 0.6 is 0 Å². The fourth-order valence-electron chi connectivity index (χ4n) is 4.64. The Hall–Kier alpha value is -0.780. The summed E-state index contributed by atoms with van der Waals surface area (Å²) in [4.78, 5) is 0. The number of rotatable bonds is 1. The molecular formula is C19H28. The maximum atomic E-state index is 2.50. The zero-order valence-corrected chi connectivity index (χ0v) is 12.7. The second kappa shape index (κ2) is 5.31. The monoisotopic (exact) mass is 256 g/mol. The molecule has 1 fully saturated rings. The van der Waals surface area contributed by atoms with Crippen molar-refractivity contribution < 1.29 is 0 Å². The van der Waals surface area contributed by atoms with E-state index in [4.69, 9.17) is 0 Å². The molecule has 1 aromatic carbocycles. The Morgan fingerprint density at radius 1 is 0.895 bits per heavy atom. The van der Waals surface area contributed by atoms with E-state index in [2.05, 4.69) is 45.0 Å². The van der Waals surface area contributed by atoms with Gasteiger partial charge in [-0.1, -0.05) is 57.9 Å². The van der Waals surface area contributed by atoms with Gasteiger partial charge in [0.1, 0.15) is 0 Å². The third-order valence-corrected chi connectivity index (χ3v) is 5.72. The van der Waals surface area contributed by atoms with Crippen LogP contribution in [0.25, 0.3) is 0 Å². The van der Waals surface area contributed by atoms with Crippen LogP contribution in [0.1, 0.15) is 63.5 Å². The summed E-state index contributed by atoms with van der Waals surface area (Å²) < 4.78 is 0. The van der Waals surface area contributed by atoms with Gasteiger partial charge in [0.2, 0.25) is 0 Å². The van der Waals surface area contributed by atoms with E-state index in [1.54, 1.807) is 11.1 Å². The molecule has 0 aliphatic heterocycles. The summed E-state index contributed by atoms with van der Waals surface area (Å²) >= 11 is 0. The average Bonchev–Trinajstić information content (AvgIpc) is 2.40. The van der Waals surface area contributed by atoms with Crippen molar-refractivity contribution in [1.82, 2.24) is 0 Å². The predicted molar refractivity (Wildman–Crippen MR) is 82.3 cm³/mol. The van der Waals surface area contributed by atoms with Gasteiger partial charge in [-0.25, -0.2) is 0 Å². The zero-order chi connectivity index (χ0) is 13.4. The van der Waals surface area contributed by atoms with Crippen LogP contribution in [0.3, 0.4) is 0 Å². The van der Waals surface area contributed by atoms with Crippen LogP contribution in [0.5, 0.6) is 0 Å². The van der Waals surface area contributed by atoms with Gasteiger partial charge in [0.15, 0.2) is 0 Å². The van der Waals surface area contributed by atoms with Crippen LogP contribution in [-0.4, -0.2) is 0 Å². The van der Waals surface area contributed by atoms with Gasteiger partial charge in [0, 0.05) is 0 Å². The van der Waals surface area contributed by atoms with Crippen molar-refractivity contribution in [2.24, 2.45) is 23.7 Å². The summed E-state index contributed by atoms with van der Waals surface area (Å²) in [6.45, 7) is 7.40. The molecule has 0 heterocycles. The van der Waals surface area contributed by atoms with Crippen LogP contribution in [0, 0.1) is 23.7 Å². The molecule has 2 aliphatic rings. The highest BCUT2D eigenvalue weighted by Crippen LogP contribution is 2.47. The fraction of sp³-hybridized carbons (Fsp3) is 0.684. The minimum atomic E-state index is 0.831. The van der Waals surface area contributed by atoms with Gasteiger partial charge in [0.25, 0.3) is 0 Å². The summed E-state index contributed by atoms with van der Waals surface area (Å²) in [6.07, 6.45) is 7.05. The Morgan fingerprint density at radius 3 is 2.53 bits per heavy atom. The molecule has 0 heteroatoms. The first kappa shape index (κ1) is 13.2. The molecule has 104 valence electrons. The molecule has 0 nitrogen and oxygen atoms in total. The van der Waals surface area contributed by atoms with Crippen molar-refractivity contribution in [3.63, 3.8) is 0 Å². The molecule has 5 atom stereocenters. The van der Waals surface area contributed by atoms with E-state index in [1.807, 2.05) is 0 Å². The van der Waals surface area contributed by atoms with Crippen LogP contribution in [0.4, 0.5) is 0 Å². The van der Waals surface area contributed by atoms with Crippen molar-refractivity contribution >= 4 is 0 Å². The zero-order valence-electron chi connectivity index (χ0n) is 12.7. The van der Waals surface area contributed by atoms with E-state index >= 15 is 0 Å². The van der Waals surface area contributed by atoms with Crippen LogP contribution < -0.4 is 0 Å². The molecule has 0 radical (unpaired) electrons. The molecule has 3 rings (SSSR count). The SMILES string of the molecule is CC1Cc2ccccc2C(C2CC(C)CCC2C)C1. The third-order valence-electron chi connectivity index (χ3n) is 5.72. The molecule has 0 aromatic heterocycles. The van der Waals surface area contributed by atoms with E-state index in [9.17, 15) is 0 Å². The molecule has 1 saturated carbocycles. The highest BCUT2D eigenvalue weighted by Gasteiger charge is 2.36. The maximum Gasteiger partial charge on any atom is -0.0126 e. The first-order valence-electron chi connectivity index (χ1n) is 8.23. The van der Waals surface area contributed by atoms with Crippen molar-refractivity contribution in [2.45, 2.75) is 58.8 Å². The van der Waals surface area contributed by atoms with Crippen molar-refractivity contribution in [3.8, 4) is 0 Å². The first-order valence-corrected chi connectivity index (χ1v) is 8.23. The summed E-state index contributed by atoms with van der Waals surface area (Å²) in [5.74, 6) is 4.47. The topological polar surface area (TPSA) is 0 Å². The second-order valence-electron chi connectivity index (χ2n) is 7.41. The lowest BCUT2D eigenvalue weighted by Gasteiger charge is -2.42. The van der Waals surface area contributed by atoms with Gasteiger partial charge >= 0.3 is 0 Å². The molecule has 1 aromatic rings. The standard InChI is InChI=1S/C19H28/c1-13-8-9-15(3)18(11-13)19-12-14(2)10-16-6-4-5-7-17(16)19/h4-7,13-15,18-19H,8-12H2,1-3H3. The van der Waals surface area contributed by atoms with Gasteiger partial charge < -0.3 is 0 Å². The Morgan fingerprint density at radius 2 is 1.68 bits per heavy atom. The van der Waals surface area contributed by atoms with E-state index in [1.165, 1.54) is 32.1 Å². The second-order valence-corrected chi connectivity index (χ2v) is 7.41. The van der Waals surface area contributed by atoms with Crippen molar-refractivity contribution in [2.75, 3.05) is 0 Å². The number of benzene rings is 1. The maximum absolute atomic E-state index is 2.50. The van der Waals surface area contributed by atoms with Crippen LogP contribution in [-0.2, 0) is 6.42 Å². The van der Waals surface area contributed by atoms with Gasteiger partial charge in [-0.3, -0.25) is 0 Å². The Bertz CT molecular complexity index is 433. The Kier molecular flexibility index (Phi) is 3.69. The van der Waals surface area contributed by atoms with Crippen molar-refractivity contribution in [3.05, 3.63) is 35.4 Å². The molecule has 0 amide bonds. The minimum Gasteiger partial charge on any atom is -0.0625 e. The third kappa shape index (κ3) is 2.59. The van der Waals surface area contributed by atoms with E-state index in [0.717, 1.165) is 29.6 Å². The van der Waals surface area contributed by atoms with E-state index in [-0.39, 0.29) is 0 Å². The first-order chi connectivity index (χ1) is 9.15. The lowest BCUT2D eigenvalue weighted by molar-refractivity contribution is 0.154. The van der Waals surface area contributed by atoms with Crippen LogP contribution in [0.2, 0.25) is 0 Å². The molecular weight excluding hydrogens is 228 g/mol. The molecule has 0 saturated heterocycles. The molecule has 0 bridgehead atoms. The predicted octanol–water partition coefficient (Wildman–Crippen LogP) is 5.42. The molecule has 19 heavy (non-hydrogen) atoms. The lowest BCUT2D eigenvalue weighted by atomic mass is 9.63. The van der Waals surface area contributed by atoms with Gasteiger partial charge in [0.05, 0.1) is 0 Å². The molecule has 2 aliphatic carbocycles. The van der Waals surface area contributed by atoms with Crippen LogP contribution in [0.15, 0.2) is 24.3 Å². The number of hydrogen-bond donors (Lipinski definition) is 0. The summed E-state index contributed by atoms with van der Waals surface area (Å²) in [5.41, 5.74) is 3.32. The normalized spacial score (nSPS) is 38.8. The van der Waals surface area contributed by atoms with Gasteiger partial charge in [-0.2, -0.15) is 0 Å². The van der Waals surface area contributed by atoms with E-state index < -0.39 is 0 Å². The summed E-state index contributed by atoms with van der Waals surface area (Å²) in [5, 5.41) is 0. The molecule has 5 unspecified atom stereocenters. The smallest absolute Gasteiger partial charge is 0.0126 e. The number of hydrogen-bond acceptors (Lipinski definition) is 0. The highest BCUT2D eigenvalue weighted by atomic mass is 14.4.